The predicted octanol–water partition coefficient (Wildman–Crippen LogP) is 1.28. The quantitative estimate of drug-likeness (QED) is 0.799. The minimum absolute atomic E-state index is 0.222. The monoisotopic (exact) mass is 235 g/mol. The molecule has 1 aromatic carbocycles. The van der Waals surface area contributed by atoms with Crippen LogP contribution in [0.1, 0.15) is 18.0 Å². The van der Waals surface area contributed by atoms with Gasteiger partial charge in [0.25, 0.3) is 0 Å². The van der Waals surface area contributed by atoms with Gasteiger partial charge in [0.2, 0.25) is 0 Å². The molecule has 2 atom stereocenters. The van der Waals surface area contributed by atoms with Gasteiger partial charge in [0.15, 0.2) is 0 Å². The van der Waals surface area contributed by atoms with Crippen molar-refractivity contribution in [2.24, 2.45) is 0 Å². The summed E-state index contributed by atoms with van der Waals surface area (Å²) in [6, 6.07) is 9.41. The van der Waals surface area contributed by atoms with Gasteiger partial charge in [-0.3, -0.25) is 5.32 Å². The van der Waals surface area contributed by atoms with Crippen molar-refractivity contribution in [2.45, 2.75) is 18.5 Å². The van der Waals surface area contributed by atoms with Gasteiger partial charge < -0.3 is 9.47 Å². The average molecular weight is 235 g/mol. The second-order valence-electron chi connectivity index (χ2n) is 4.09. The topological polar surface area (TPSA) is 47.6 Å². The highest BCUT2D eigenvalue weighted by Gasteiger charge is 2.26. The zero-order chi connectivity index (χ0) is 12.1. The van der Waals surface area contributed by atoms with Crippen LogP contribution in [-0.4, -0.2) is 32.3 Å². The standard InChI is InChI=1S/C13H17NO3/c1-16-13(15)12(10-5-3-2-4-6-10)14-11-7-8-17-9-11/h2-6,11-12,14H,7-9H2,1H3. The zero-order valence-corrected chi connectivity index (χ0v) is 9.89. The predicted molar refractivity (Wildman–Crippen MR) is 63.6 cm³/mol. The number of ether oxygens (including phenoxy) is 2. The fraction of sp³-hybridized carbons (Fsp3) is 0.462. The lowest BCUT2D eigenvalue weighted by Crippen LogP contribution is -2.37. The Bertz CT molecular complexity index is 360. The Kier molecular flexibility index (Phi) is 4.12. The van der Waals surface area contributed by atoms with E-state index >= 15 is 0 Å². The normalized spacial score (nSPS) is 21.1. The molecule has 0 aromatic heterocycles. The van der Waals surface area contributed by atoms with Crippen molar-refractivity contribution < 1.29 is 14.3 Å². The number of benzene rings is 1. The van der Waals surface area contributed by atoms with Gasteiger partial charge in [-0.15, -0.1) is 0 Å². The Morgan fingerprint density at radius 2 is 2.24 bits per heavy atom. The molecular formula is C13H17NO3. The van der Waals surface area contributed by atoms with E-state index in [1.165, 1.54) is 7.11 Å². The van der Waals surface area contributed by atoms with Gasteiger partial charge in [0, 0.05) is 12.6 Å². The van der Waals surface area contributed by atoms with Crippen LogP contribution in [0.4, 0.5) is 0 Å². The Balaban J connectivity index is 2.10. The summed E-state index contributed by atoms with van der Waals surface area (Å²) >= 11 is 0. The molecule has 0 spiro atoms. The molecule has 2 rings (SSSR count). The largest absolute Gasteiger partial charge is 0.468 e. The van der Waals surface area contributed by atoms with Crippen LogP contribution in [0.25, 0.3) is 0 Å². The van der Waals surface area contributed by atoms with Gasteiger partial charge in [-0.1, -0.05) is 30.3 Å². The van der Waals surface area contributed by atoms with E-state index in [1.807, 2.05) is 30.3 Å². The first-order chi connectivity index (χ1) is 8.31. The van der Waals surface area contributed by atoms with E-state index < -0.39 is 6.04 Å². The molecule has 0 bridgehead atoms. The van der Waals surface area contributed by atoms with E-state index in [1.54, 1.807) is 0 Å². The maximum absolute atomic E-state index is 11.8. The van der Waals surface area contributed by atoms with Crippen molar-refractivity contribution in [1.82, 2.24) is 5.32 Å². The molecular weight excluding hydrogens is 218 g/mol. The highest BCUT2D eigenvalue weighted by molar-refractivity contribution is 5.77. The molecule has 4 heteroatoms. The smallest absolute Gasteiger partial charge is 0.327 e. The van der Waals surface area contributed by atoms with E-state index in [0.29, 0.717) is 6.61 Å². The van der Waals surface area contributed by atoms with Crippen LogP contribution in [0.2, 0.25) is 0 Å². The molecule has 17 heavy (non-hydrogen) atoms. The van der Waals surface area contributed by atoms with Crippen LogP contribution in [-0.2, 0) is 14.3 Å². The summed E-state index contributed by atoms with van der Waals surface area (Å²) in [4.78, 5) is 11.8. The number of esters is 1. The summed E-state index contributed by atoms with van der Waals surface area (Å²) in [6.07, 6.45) is 0.931. The number of methoxy groups -OCH3 is 1. The number of carbonyl (C=O) groups is 1. The number of rotatable bonds is 4. The summed E-state index contributed by atoms with van der Waals surface area (Å²) < 4.78 is 10.1. The van der Waals surface area contributed by atoms with Gasteiger partial charge in [-0.05, 0) is 12.0 Å². The molecule has 92 valence electrons. The summed E-state index contributed by atoms with van der Waals surface area (Å²) in [5.41, 5.74) is 0.922. The van der Waals surface area contributed by atoms with E-state index in [0.717, 1.165) is 18.6 Å². The van der Waals surface area contributed by atoms with Crippen LogP contribution < -0.4 is 5.32 Å². The lowest BCUT2D eigenvalue weighted by molar-refractivity contribution is -0.143. The Labute approximate surface area is 101 Å². The second-order valence-corrected chi connectivity index (χ2v) is 4.09. The summed E-state index contributed by atoms with van der Waals surface area (Å²) in [5.74, 6) is -0.261. The fourth-order valence-electron chi connectivity index (χ4n) is 1.97. The summed E-state index contributed by atoms with van der Waals surface area (Å²) in [7, 11) is 1.41. The van der Waals surface area contributed by atoms with Crippen LogP contribution in [0.3, 0.4) is 0 Å². The first-order valence-electron chi connectivity index (χ1n) is 5.78. The maximum Gasteiger partial charge on any atom is 0.327 e. The molecule has 0 saturated carbocycles. The molecule has 1 aliphatic heterocycles. The average Bonchev–Trinajstić information content (AvgIpc) is 2.89. The lowest BCUT2D eigenvalue weighted by Gasteiger charge is -2.20. The maximum atomic E-state index is 11.8. The van der Waals surface area contributed by atoms with Gasteiger partial charge in [-0.25, -0.2) is 4.79 Å². The molecule has 1 saturated heterocycles. The molecule has 1 aromatic rings. The Morgan fingerprint density at radius 3 is 2.82 bits per heavy atom. The highest BCUT2D eigenvalue weighted by Crippen LogP contribution is 2.17. The fourth-order valence-corrected chi connectivity index (χ4v) is 1.97. The highest BCUT2D eigenvalue weighted by atomic mass is 16.5. The van der Waals surface area contributed by atoms with Crippen molar-refractivity contribution in [2.75, 3.05) is 20.3 Å². The number of carbonyl (C=O) groups excluding carboxylic acids is 1. The third-order valence-corrected chi connectivity index (χ3v) is 2.90. The number of hydrogen-bond acceptors (Lipinski definition) is 4. The molecule has 1 aliphatic rings. The molecule has 1 heterocycles. The van der Waals surface area contributed by atoms with Crippen LogP contribution in [0, 0.1) is 0 Å². The van der Waals surface area contributed by atoms with Crippen molar-refractivity contribution in [1.29, 1.82) is 0 Å². The van der Waals surface area contributed by atoms with E-state index in [2.05, 4.69) is 5.32 Å². The molecule has 1 fully saturated rings. The molecule has 2 unspecified atom stereocenters. The number of hydrogen-bond donors (Lipinski definition) is 1. The van der Waals surface area contributed by atoms with E-state index in [4.69, 9.17) is 9.47 Å². The second kappa shape index (κ2) is 5.80. The van der Waals surface area contributed by atoms with E-state index in [9.17, 15) is 4.79 Å². The first-order valence-corrected chi connectivity index (χ1v) is 5.78. The van der Waals surface area contributed by atoms with Crippen molar-refractivity contribution >= 4 is 5.97 Å². The van der Waals surface area contributed by atoms with Gasteiger partial charge in [-0.2, -0.15) is 0 Å². The SMILES string of the molecule is COC(=O)C(NC1CCOC1)c1ccccc1. The minimum Gasteiger partial charge on any atom is -0.468 e. The van der Waals surface area contributed by atoms with Crippen molar-refractivity contribution in [3.05, 3.63) is 35.9 Å². The Morgan fingerprint density at radius 1 is 1.47 bits per heavy atom. The van der Waals surface area contributed by atoms with Crippen LogP contribution in [0.5, 0.6) is 0 Å². The summed E-state index contributed by atoms with van der Waals surface area (Å²) in [5, 5.41) is 3.28. The van der Waals surface area contributed by atoms with Crippen LogP contribution in [0.15, 0.2) is 30.3 Å². The van der Waals surface area contributed by atoms with Crippen molar-refractivity contribution in [3.63, 3.8) is 0 Å². The molecule has 1 N–H and O–H groups in total. The first kappa shape index (κ1) is 12.1. The Hall–Kier alpha value is -1.39. The third-order valence-electron chi connectivity index (χ3n) is 2.90. The zero-order valence-electron chi connectivity index (χ0n) is 9.89. The number of nitrogens with one attached hydrogen (secondary N) is 1. The van der Waals surface area contributed by atoms with Crippen molar-refractivity contribution in [3.8, 4) is 0 Å². The molecule has 0 aliphatic carbocycles. The summed E-state index contributed by atoms with van der Waals surface area (Å²) in [6.45, 7) is 1.40. The minimum atomic E-state index is -0.409. The van der Waals surface area contributed by atoms with Gasteiger partial charge in [0.05, 0.1) is 13.7 Å². The molecule has 0 amide bonds. The third kappa shape index (κ3) is 3.05. The lowest BCUT2D eigenvalue weighted by atomic mass is 10.1. The molecule has 0 radical (unpaired) electrons. The van der Waals surface area contributed by atoms with E-state index in [-0.39, 0.29) is 12.0 Å². The van der Waals surface area contributed by atoms with Crippen LogP contribution >= 0.6 is 0 Å². The van der Waals surface area contributed by atoms with Gasteiger partial charge in [0.1, 0.15) is 6.04 Å². The molecule has 4 nitrogen and oxygen atoms in total. The van der Waals surface area contributed by atoms with Gasteiger partial charge >= 0.3 is 5.97 Å².